The maximum atomic E-state index is 12.7. The molecule has 0 unspecified atom stereocenters. The summed E-state index contributed by atoms with van der Waals surface area (Å²) in [5, 5.41) is 2.99. The summed E-state index contributed by atoms with van der Waals surface area (Å²) in [5.74, 6) is 0.666. The Morgan fingerprint density at radius 1 is 1.43 bits per heavy atom. The largest absolute Gasteiger partial charge is 0.495 e. The Morgan fingerprint density at radius 3 is 2.96 bits per heavy atom. The lowest BCUT2D eigenvalue weighted by molar-refractivity contribution is -0.124. The van der Waals surface area contributed by atoms with E-state index in [2.05, 4.69) is 5.32 Å². The number of nitrogens with one attached hydrogen (secondary N) is 1. The van der Waals surface area contributed by atoms with Crippen molar-refractivity contribution in [2.75, 3.05) is 38.7 Å². The summed E-state index contributed by atoms with van der Waals surface area (Å²) >= 11 is 0. The van der Waals surface area contributed by atoms with Crippen molar-refractivity contribution in [1.82, 2.24) is 4.90 Å². The average molecular weight is 320 g/mol. The molecule has 0 bridgehead atoms. The summed E-state index contributed by atoms with van der Waals surface area (Å²) in [4.78, 5) is 14.5. The molecule has 1 spiro atoms. The third-order valence-corrected chi connectivity index (χ3v) is 4.82. The molecule has 1 aromatic carbocycles. The van der Waals surface area contributed by atoms with Gasteiger partial charge >= 0.3 is 6.03 Å². The maximum Gasteiger partial charge on any atom is 0.322 e. The number of rotatable bonds is 2. The lowest BCUT2D eigenvalue weighted by Crippen LogP contribution is -2.57. The zero-order valence-corrected chi connectivity index (χ0v) is 13.9. The van der Waals surface area contributed by atoms with Crippen LogP contribution in [0.3, 0.4) is 0 Å². The molecular formula is C17H24N2O4. The zero-order valence-electron chi connectivity index (χ0n) is 13.9. The van der Waals surface area contributed by atoms with E-state index in [4.69, 9.17) is 14.2 Å². The molecule has 2 amide bonds. The van der Waals surface area contributed by atoms with E-state index in [0.29, 0.717) is 32.1 Å². The van der Waals surface area contributed by atoms with Crippen LogP contribution in [0.5, 0.6) is 5.75 Å². The van der Waals surface area contributed by atoms with E-state index < -0.39 is 0 Å². The van der Waals surface area contributed by atoms with Gasteiger partial charge in [0.1, 0.15) is 11.4 Å². The molecule has 0 radical (unpaired) electrons. The molecule has 2 atom stereocenters. The topological polar surface area (TPSA) is 60.0 Å². The molecule has 0 aromatic heterocycles. The first-order valence-corrected chi connectivity index (χ1v) is 8.01. The minimum Gasteiger partial charge on any atom is -0.495 e. The van der Waals surface area contributed by atoms with Gasteiger partial charge in [0, 0.05) is 19.6 Å². The highest BCUT2D eigenvalue weighted by Crippen LogP contribution is 2.34. The van der Waals surface area contributed by atoms with Gasteiger partial charge in [0.15, 0.2) is 0 Å². The highest BCUT2D eigenvalue weighted by molar-refractivity contribution is 5.92. The van der Waals surface area contributed by atoms with Gasteiger partial charge in [-0.05, 0) is 25.5 Å². The molecular weight excluding hydrogens is 296 g/mol. The van der Waals surface area contributed by atoms with Crippen LogP contribution in [0.25, 0.3) is 0 Å². The second kappa shape index (κ2) is 6.37. The van der Waals surface area contributed by atoms with Crippen molar-refractivity contribution < 1.29 is 19.0 Å². The van der Waals surface area contributed by atoms with Crippen LogP contribution >= 0.6 is 0 Å². The van der Waals surface area contributed by atoms with Gasteiger partial charge in [0.2, 0.25) is 0 Å². The third-order valence-electron chi connectivity index (χ3n) is 4.82. The van der Waals surface area contributed by atoms with E-state index in [-0.39, 0.29) is 17.7 Å². The first kappa shape index (κ1) is 16.1. The van der Waals surface area contributed by atoms with Crippen LogP contribution in [0, 0.1) is 6.92 Å². The summed E-state index contributed by atoms with van der Waals surface area (Å²) in [7, 11) is 1.60. The van der Waals surface area contributed by atoms with E-state index in [1.54, 1.807) is 12.0 Å². The molecule has 126 valence electrons. The van der Waals surface area contributed by atoms with Gasteiger partial charge in [-0.25, -0.2) is 4.79 Å². The van der Waals surface area contributed by atoms with Gasteiger partial charge in [-0.3, -0.25) is 0 Å². The van der Waals surface area contributed by atoms with Crippen molar-refractivity contribution in [3.63, 3.8) is 0 Å². The third kappa shape index (κ3) is 3.01. The van der Waals surface area contributed by atoms with Crippen molar-refractivity contribution in [2.45, 2.75) is 32.0 Å². The van der Waals surface area contributed by atoms with Crippen LogP contribution in [0.4, 0.5) is 10.5 Å². The summed E-state index contributed by atoms with van der Waals surface area (Å²) in [6.45, 7) is 6.31. The van der Waals surface area contributed by atoms with Crippen molar-refractivity contribution in [1.29, 1.82) is 0 Å². The minimum absolute atomic E-state index is 0.00565. The number of hydrogen-bond donors (Lipinski definition) is 1. The molecule has 6 heteroatoms. The van der Waals surface area contributed by atoms with E-state index >= 15 is 0 Å². The normalized spacial score (nSPS) is 27.3. The number of hydrogen-bond acceptors (Lipinski definition) is 4. The fourth-order valence-corrected chi connectivity index (χ4v) is 3.30. The Labute approximate surface area is 136 Å². The van der Waals surface area contributed by atoms with Crippen LogP contribution in [-0.2, 0) is 9.47 Å². The molecule has 3 rings (SSSR count). The zero-order chi connectivity index (χ0) is 16.4. The second-order valence-electron chi connectivity index (χ2n) is 6.18. The summed E-state index contributed by atoms with van der Waals surface area (Å²) in [6.07, 6.45) is 0.831. The molecule has 2 aliphatic rings. The summed E-state index contributed by atoms with van der Waals surface area (Å²) in [5.41, 5.74) is 1.32. The molecule has 2 heterocycles. The SMILES string of the molecule is COc1cccc(C)c1NC(=O)N1CCO[C@]2(CCO[C@@H]2C)C1. The molecule has 2 fully saturated rings. The number of anilines is 1. The first-order chi connectivity index (χ1) is 11.1. The number of urea groups is 1. The number of nitrogens with zero attached hydrogens (tertiary/aromatic N) is 1. The average Bonchev–Trinajstić information content (AvgIpc) is 2.89. The van der Waals surface area contributed by atoms with Gasteiger partial charge in [0.25, 0.3) is 0 Å². The van der Waals surface area contributed by atoms with Crippen LogP contribution < -0.4 is 10.1 Å². The molecule has 2 saturated heterocycles. The number of carbonyl (C=O) groups is 1. The predicted molar refractivity (Wildman–Crippen MR) is 87.0 cm³/mol. The van der Waals surface area contributed by atoms with Crippen molar-refractivity contribution in [2.24, 2.45) is 0 Å². The van der Waals surface area contributed by atoms with Crippen molar-refractivity contribution in [3.05, 3.63) is 23.8 Å². The smallest absolute Gasteiger partial charge is 0.322 e. The molecule has 2 aliphatic heterocycles. The Bertz CT molecular complexity index is 592. The van der Waals surface area contributed by atoms with Gasteiger partial charge in [-0.15, -0.1) is 0 Å². The number of ether oxygens (including phenoxy) is 3. The number of methoxy groups -OCH3 is 1. The Hall–Kier alpha value is -1.79. The lowest BCUT2D eigenvalue weighted by atomic mass is 9.94. The predicted octanol–water partition coefficient (Wildman–Crippen LogP) is 2.42. The highest BCUT2D eigenvalue weighted by atomic mass is 16.6. The molecule has 1 N–H and O–H groups in total. The van der Waals surface area contributed by atoms with Gasteiger partial charge < -0.3 is 24.4 Å². The van der Waals surface area contributed by atoms with E-state index in [1.165, 1.54) is 0 Å². The molecule has 23 heavy (non-hydrogen) atoms. The Balaban J connectivity index is 1.74. The fraction of sp³-hybridized carbons (Fsp3) is 0.588. The van der Waals surface area contributed by atoms with Crippen LogP contribution in [0.15, 0.2) is 18.2 Å². The molecule has 1 aromatic rings. The number of para-hydroxylation sites is 1. The summed E-state index contributed by atoms with van der Waals surface area (Å²) < 4.78 is 17.0. The van der Waals surface area contributed by atoms with Crippen LogP contribution in [0.2, 0.25) is 0 Å². The standard InChI is InChI=1S/C17H24N2O4/c1-12-5-4-6-14(21-3)15(12)18-16(20)19-8-10-23-17(11-19)7-9-22-13(17)2/h4-6,13H,7-11H2,1-3H3,(H,18,20)/t13-,17-/m1/s1. The van der Waals surface area contributed by atoms with Crippen molar-refractivity contribution >= 4 is 11.7 Å². The Kier molecular flexibility index (Phi) is 4.46. The fourth-order valence-electron chi connectivity index (χ4n) is 3.30. The lowest BCUT2D eigenvalue weighted by Gasteiger charge is -2.42. The second-order valence-corrected chi connectivity index (χ2v) is 6.18. The summed E-state index contributed by atoms with van der Waals surface area (Å²) in [6, 6.07) is 5.58. The van der Waals surface area contributed by atoms with E-state index in [1.807, 2.05) is 32.0 Å². The number of morpholine rings is 1. The van der Waals surface area contributed by atoms with Crippen LogP contribution in [0.1, 0.15) is 18.9 Å². The van der Waals surface area contributed by atoms with E-state index in [9.17, 15) is 4.79 Å². The van der Waals surface area contributed by atoms with Gasteiger partial charge in [-0.1, -0.05) is 12.1 Å². The molecule has 6 nitrogen and oxygen atoms in total. The van der Waals surface area contributed by atoms with Gasteiger partial charge in [0.05, 0.1) is 32.1 Å². The van der Waals surface area contributed by atoms with Crippen molar-refractivity contribution in [3.8, 4) is 5.75 Å². The number of benzene rings is 1. The minimum atomic E-state index is -0.370. The maximum absolute atomic E-state index is 12.7. The molecule has 0 saturated carbocycles. The Morgan fingerprint density at radius 2 is 2.26 bits per heavy atom. The monoisotopic (exact) mass is 320 g/mol. The number of carbonyl (C=O) groups excluding carboxylic acids is 1. The quantitative estimate of drug-likeness (QED) is 0.909. The molecule has 0 aliphatic carbocycles. The van der Waals surface area contributed by atoms with Crippen LogP contribution in [-0.4, -0.2) is 56.0 Å². The highest BCUT2D eigenvalue weighted by Gasteiger charge is 2.47. The number of aryl methyl sites for hydroxylation is 1. The first-order valence-electron chi connectivity index (χ1n) is 8.01. The van der Waals surface area contributed by atoms with Gasteiger partial charge in [-0.2, -0.15) is 0 Å². The van der Waals surface area contributed by atoms with E-state index in [0.717, 1.165) is 17.7 Å². The number of amides is 2.